The van der Waals surface area contributed by atoms with Crippen LogP contribution in [-0.2, 0) is 11.8 Å². The van der Waals surface area contributed by atoms with Crippen LogP contribution in [0.25, 0.3) is 17.0 Å². The Morgan fingerprint density at radius 1 is 1.03 bits per heavy atom. The molecule has 0 unspecified atom stereocenters. The monoisotopic (exact) mass is 428 g/mol. The highest BCUT2D eigenvalue weighted by molar-refractivity contribution is 5.77. The lowest BCUT2D eigenvalue weighted by Crippen LogP contribution is -2.37. The number of rotatable bonds is 5. The smallest absolute Gasteiger partial charge is 0.296 e. The van der Waals surface area contributed by atoms with Crippen molar-refractivity contribution < 1.29 is 13.5 Å². The van der Waals surface area contributed by atoms with E-state index in [1.54, 1.807) is 37.5 Å². The van der Waals surface area contributed by atoms with E-state index in [-0.39, 0.29) is 11.9 Å². The molecule has 0 aliphatic carbocycles. The number of imidazole rings is 1. The number of nitrogens with one attached hydrogen (secondary N) is 1. The summed E-state index contributed by atoms with van der Waals surface area (Å²) >= 11 is 0. The van der Waals surface area contributed by atoms with Crippen molar-refractivity contribution in [2.45, 2.75) is 6.43 Å². The molecule has 0 amide bonds. The van der Waals surface area contributed by atoms with Crippen molar-refractivity contribution in [3.63, 3.8) is 0 Å². The lowest BCUT2D eigenvalue weighted by molar-refractivity contribution is 0.122. The number of para-hydroxylation sites is 2. The molecule has 11 nitrogen and oxygen atoms in total. The number of benzene rings is 1. The van der Waals surface area contributed by atoms with E-state index in [2.05, 4.69) is 35.6 Å². The van der Waals surface area contributed by atoms with Gasteiger partial charge in [-0.2, -0.15) is 15.0 Å². The molecule has 1 N–H and O–H groups in total. The molecule has 4 heterocycles. The second kappa shape index (κ2) is 7.83. The van der Waals surface area contributed by atoms with Crippen molar-refractivity contribution in [3.05, 3.63) is 36.3 Å². The minimum Gasteiger partial charge on any atom is -0.378 e. The highest BCUT2D eigenvalue weighted by Gasteiger charge is 2.24. The summed E-state index contributed by atoms with van der Waals surface area (Å²) in [5, 5.41) is 10.8. The molecule has 1 saturated heterocycles. The third kappa shape index (κ3) is 3.74. The second-order valence-corrected chi connectivity index (χ2v) is 6.86. The van der Waals surface area contributed by atoms with Crippen molar-refractivity contribution in [3.8, 4) is 5.95 Å². The first kappa shape index (κ1) is 19.2. The number of morpholine rings is 1. The number of nitrogens with zero attached hydrogens (tertiary/aromatic N) is 9. The van der Waals surface area contributed by atoms with Gasteiger partial charge in [0.05, 0.1) is 30.4 Å². The van der Waals surface area contributed by atoms with Crippen molar-refractivity contribution in [1.82, 2.24) is 39.5 Å². The molecule has 3 aromatic heterocycles. The van der Waals surface area contributed by atoms with Gasteiger partial charge < -0.3 is 15.0 Å². The number of aryl methyl sites for hydroxylation is 1. The van der Waals surface area contributed by atoms with Crippen LogP contribution in [0, 0.1) is 0 Å². The first-order valence-electron chi connectivity index (χ1n) is 9.56. The Balaban J connectivity index is 1.66. The Morgan fingerprint density at radius 3 is 2.55 bits per heavy atom. The first-order valence-corrected chi connectivity index (χ1v) is 9.56. The minimum absolute atomic E-state index is 0.0342. The Morgan fingerprint density at radius 2 is 1.81 bits per heavy atom. The first-order chi connectivity index (χ1) is 15.1. The van der Waals surface area contributed by atoms with E-state index in [1.165, 1.54) is 9.25 Å². The summed E-state index contributed by atoms with van der Waals surface area (Å²) in [6.45, 7) is 2.18. The molecule has 0 radical (unpaired) electrons. The number of ether oxygens (including phenoxy) is 1. The zero-order valence-corrected chi connectivity index (χ0v) is 16.5. The molecule has 13 heteroatoms. The third-order valence-corrected chi connectivity index (χ3v) is 4.73. The van der Waals surface area contributed by atoms with Gasteiger partial charge in [0.15, 0.2) is 11.6 Å². The summed E-state index contributed by atoms with van der Waals surface area (Å²) < 4.78 is 35.9. The second-order valence-electron chi connectivity index (χ2n) is 6.86. The molecule has 1 aliphatic rings. The Kier molecular flexibility index (Phi) is 4.86. The molecule has 160 valence electrons. The van der Waals surface area contributed by atoms with Crippen LogP contribution in [0.15, 0.2) is 30.5 Å². The summed E-state index contributed by atoms with van der Waals surface area (Å²) in [5.74, 6) is 0.512. The molecule has 1 aliphatic heterocycles. The van der Waals surface area contributed by atoms with E-state index in [9.17, 15) is 8.78 Å². The lowest BCUT2D eigenvalue weighted by atomic mass is 10.3. The maximum Gasteiger partial charge on any atom is 0.296 e. The SMILES string of the molecule is Cn1cc(Nc2nc(N3CCOCC3)nc(-n3c(C(F)F)nc4ccccc43)n2)nn1. The summed E-state index contributed by atoms with van der Waals surface area (Å²) in [6, 6.07) is 6.85. The van der Waals surface area contributed by atoms with Gasteiger partial charge in [0, 0.05) is 20.1 Å². The third-order valence-electron chi connectivity index (χ3n) is 4.73. The molecule has 0 bridgehead atoms. The predicted molar refractivity (Wildman–Crippen MR) is 107 cm³/mol. The highest BCUT2D eigenvalue weighted by Crippen LogP contribution is 2.28. The van der Waals surface area contributed by atoms with Gasteiger partial charge in [-0.15, -0.1) is 5.10 Å². The molecule has 0 spiro atoms. The number of aromatic nitrogens is 8. The van der Waals surface area contributed by atoms with Gasteiger partial charge in [0.1, 0.15) is 0 Å². The van der Waals surface area contributed by atoms with Gasteiger partial charge >= 0.3 is 0 Å². The average molecular weight is 428 g/mol. The number of fused-ring (bicyclic) bond motifs is 1. The van der Waals surface area contributed by atoms with E-state index >= 15 is 0 Å². The number of hydrogen-bond acceptors (Lipinski definition) is 9. The van der Waals surface area contributed by atoms with Gasteiger partial charge in [-0.25, -0.2) is 13.8 Å². The molecular weight excluding hydrogens is 410 g/mol. The zero-order chi connectivity index (χ0) is 21.4. The molecule has 1 fully saturated rings. The van der Waals surface area contributed by atoms with E-state index in [1.807, 2.05) is 4.90 Å². The van der Waals surface area contributed by atoms with Crippen LogP contribution >= 0.6 is 0 Å². The Labute approximate surface area is 174 Å². The van der Waals surface area contributed by atoms with Crippen molar-refractivity contribution in [2.75, 3.05) is 36.5 Å². The normalized spacial score (nSPS) is 14.5. The Bertz CT molecular complexity index is 1220. The number of hydrogen-bond donors (Lipinski definition) is 1. The van der Waals surface area contributed by atoms with Crippen LogP contribution in [0.5, 0.6) is 0 Å². The van der Waals surface area contributed by atoms with Gasteiger partial charge in [-0.1, -0.05) is 17.3 Å². The van der Waals surface area contributed by atoms with Gasteiger partial charge in [0.25, 0.3) is 6.43 Å². The fourth-order valence-electron chi connectivity index (χ4n) is 3.33. The molecular formula is C18H18F2N10O. The van der Waals surface area contributed by atoms with Crippen LogP contribution in [-0.4, -0.2) is 65.8 Å². The Hall–Kier alpha value is -3.74. The van der Waals surface area contributed by atoms with Gasteiger partial charge in [-0.3, -0.25) is 9.25 Å². The topological polar surface area (TPSA) is 112 Å². The predicted octanol–water partition coefficient (Wildman–Crippen LogP) is 1.86. The molecule has 31 heavy (non-hydrogen) atoms. The zero-order valence-electron chi connectivity index (χ0n) is 16.5. The quantitative estimate of drug-likeness (QED) is 0.509. The standard InChI is InChI=1S/C18H18F2N10O/c1-28-10-13(26-27-28)22-16-23-17(29-6-8-31-9-7-29)25-18(24-16)30-12-5-3-2-4-11(12)21-15(30)14(19)20/h2-5,10,14H,6-9H2,1H3,(H,22,23,24,25). The fourth-order valence-corrected chi connectivity index (χ4v) is 3.33. The molecule has 0 atom stereocenters. The molecule has 5 rings (SSSR count). The van der Waals surface area contributed by atoms with Crippen LogP contribution in [0.2, 0.25) is 0 Å². The lowest BCUT2D eigenvalue weighted by Gasteiger charge is -2.27. The van der Waals surface area contributed by atoms with E-state index < -0.39 is 12.2 Å². The van der Waals surface area contributed by atoms with E-state index in [4.69, 9.17) is 4.74 Å². The highest BCUT2D eigenvalue weighted by atomic mass is 19.3. The van der Waals surface area contributed by atoms with E-state index in [0.29, 0.717) is 49.1 Å². The maximum absolute atomic E-state index is 13.8. The number of alkyl halides is 2. The van der Waals surface area contributed by atoms with Crippen molar-refractivity contribution in [1.29, 1.82) is 0 Å². The van der Waals surface area contributed by atoms with Crippen LogP contribution in [0.1, 0.15) is 12.2 Å². The molecule has 0 saturated carbocycles. The van der Waals surface area contributed by atoms with Gasteiger partial charge in [0.2, 0.25) is 17.8 Å². The van der Waals surface area contributed by atoms with E-state index in [0.717, 1.165) is 0 Å². The van der Waals surface area contributed by atoms with Crippen molar-refractivity contribution in [2.24, 2.45) is 7.05 Å². The van der Waals surface area contributed by atoms with Crippen LogP contribution in [0.4, 0.5) is 26.5 Å². The number of halogens is 2. The summed E-state index contributed by atoms with van der Waals surface area (Å²) in [4.78, 5) is 19.3. The molecule has 1 aromatic carbocycles. The fraction of sp³-hybridized carbons (Fsp3) is 0.333. The molecule has 4 aromatic rings. The summed E-state index contributed by atoms with van der Waals surface area (Å²) in [5.41, 5.74) is 0.900. The average Bonchev–Trinajstić information content (AvgIpc) is 3.37. The largest absolute Gasteiger partial charge is 0.378 e. The summed E-state index contributed by atoms with van der Waals surface area (Å²) in [6.07, 6.45) is -1.16. The van der Waals surface area contributed by atoms with Crippen LogP contribution < -0.4 is 10.2 Å². The maximum atomic E-state index is 13.8. The minimum atomic E-state index is -2.81. The van der Waals surface area contributed by atoms with Gasteiger partial charge in [-0.05, 0) is 12.1 Å². The summed E-state index contributed by atoms with van der Waals surface area (Å²) in [7, 11) is 1.72. The number of anilines is 3. The van der Waals surface area contributed by atoms with Crippen molar-refractivity contribution >= 4 is 28.7 Å². The van der Waals surface area contributed by atoms with Crippen LogP contribution in [0.3, 0.4) is 0 Å².